The number of rotatable bonds is 3. The number of aromatic nitrogens is 5. The van der Waals surface area contributed by atoms with E-state index in [1.807, 2.05) is 0 Å². The molecule has 21 heavy (non-hydrogen) atoms. The van der Waals surface area contributed by atoms with E-state index in [1.165, 1.54) is 17.0 Å². The standard InChI is InChI=1S/C12H15N5O4/c1-7-5-16(12(20)14-11(7)19)10-4-8(9(6-18)21-10)17-3-2-13-15-17/h2-3,5,8-10,18H,4,6H2,1H3,(H,14,19,20)/t8?,9-,10-/m1/s1. The van der Waals surface area contributed by atoms with Crippen LogP contribution in [0.25, 0.3) is 0 Å². The van der Waals surface area contributed by atoms with E-state index >= 15 is 0 Å². The molecule has 2 aromatic heterocycles. The van der Waals surface area contributed by atoms with Gasteiger partial charge in [-0.25, -0.2) is 9.48 Å². The van der Waals surface area contributed by atoms with Gasteiger partial charge in [0.05, 0.1) is 18.8 Å². The van der Waals surface area contributed by atoms with Crippen LogP contribution in [0.4, 0.5) is 0 Å². The fraction of sp³-hybridized carbons (Fsp3) is 0.500. The van der Waals surface area contributed by atoms with Gasteiger partial charge in [0.25, 0.3) is 5.56 Å². The van der Waals surface area contributed by atoms with Crippen molar-refractivity contribution in [3.8, 4) is 0 Å². The number of aromatic amines is 1. The number of H-pyrrole nitrogens is 1. The number of aliphatic hydroxyl groups is 1. The summed E-state index contributed by atoms with van der Waals surface area (Å²) in [5.74, 6) is 0. The van der Waals surface area contributed by atoms with Crippen LogP contribution in [-0.2, 0) is 4.74 Å². The van der Waals surface area contributed by atoms with E-state index in [9.17, 15) is 14.7 Å². The van der Waals surface area contributed by atoms with Crippen molar-refractivity contribution in [2.45, 2.75) is 31.7 Å². The van der Waals surface area contributed by atoms with Crippen molar-refractivity contribution in [2.24, 2.45) is 0 Å². The molecule has 0 amide bonds. The van der Waals surface area contributed by atoms with E-state index in [1.54, 1.807) is 17.8 Å². The van der Waals surface area contributed by atoms with E-state index < -0.39 is 23.6 Å². The van der Waals surface area contributed by atoms with Crippen molar-refractivity contribution in [1.29, 1.82) is 0 Å². The van der Waals surface area contributed by atoms with Crippen LogP contribution < -0.4 is 11.2 Å². The second-order valence-corrected chi connectivity index (χ2v) is 4.98. The molecule has 2 aromatic rings. The fourth-order valence-corrected chi connectivity index (χ4v) is 2.52. The topological polar surface area (TPSA) is 115 Å². The van der Waals surface area contributed by atoms with Crippen LogP contribution in [0.1, 0.15) is 24.3 Å². The third kappa shape index (κ3) is 2.41. The monoisotopic (exact) mass is 293 g/mol. The Kier molecular flexibility index (Phi) is 3.43. The van der Waals surface area contributed by atoms with Gasteiger partial charge in [-0.15, -0.1) is 5.10 Å². The Labute approximate surface area is 118 Å². The second-order valence-electron chi connectivity index (χ2n) is 4.98. The van der Waals surface area contributed by atoms with E-state index in [4.69, 9.17) is 4.74 Å². The first-order valence-electron chi connectivity index (χ1n) is 6.54. The third-order valence-electron chi connectivity index (χ3n) is 3.62. The predicted molar refractivity (Wildman–Crippen MR) is 70.7 cm³/mol. The summed E-state index contributed by atoms with van der Waals surface area (Å²) in [6.45, 7) is 1.42. The molecule has 0 bridgehead atoms. The van der Waals surface area contributed by atoms with Crippen LogP contribution in [0.15, 0.2) is 28.2 Å². The minimum absolute atomic E-state index is 0.196. The summed E-state index contributed by atoms with van der Waals surface area (Å²) in [7, 11) is 0. The molecule has 2 N–H and O–H groups in total. The maximum absolute atomic E-state index is 11.9. The maximum Gasteiger partial charge on any atom is 0.330 e. The van der Waals surface area contributed by atoms with Gasteiger partial charge < -0.3 is 9.84 Å². The lowest BCUT2D eigenvalue weighted by Gasteiger charge is -2.15. The number of hydrogen-bond donors (Lipinski definition) is 2. The largest absolute Gasteiger partial charge is 0.394 e. The highest BCUT2D eigenvalue weighted by Gasteiger charge is 2.38. The zero-order valence-corrected chi connectivity index (χ0v) is 11.3. The molecule has 1 aliphatic rings. The zero-order chi connectivity index (χ0) is 15.0. The molecule has 9 nitrogen and oxygen atoms in total. The number of hydrogen-bond acceptors (Lipinski definition) is 6. The summed E-state index contributed by atoms with van der Waals surface area (Å²) >= 11 is 0. The lowest BCUT2D eigenvalue weighted by Crippen LogP contribution is -2.33. The molecule has 1 unspecified atom stereocenters. The molecule has 1 fully saturated rings. The van der Waals surface area contributed by atoms with Crippen LogP contribution in [0.5, 0.6) is 0 Å². The van der Waals surface area contributed by atoms with Gasteiger partial charge >= 0.3 is 5.69 Å². The second kappa shape index (κ2) is 5.26. The first-order valence-corrected chi connectivity index (χ1v) is 6.54. The van der Waals surface area contributed by atoms with E-state index in [-0.39, 0.29) is 12.6 Å². The van der Waals surface area contributed by atoms with Gasteiger partial charge in [-0.3, -0.25) is 14.3 Å². The van der Waals surface area contributed by atoms with Gasteiger partial charge in [-0.1, -0.05) is 5.21 Å². The molecule has 0 aromatic carbocycles. The molecule has 3 heterocycles. The summed E-state index contributed by atoms with van der Waals surface area (Å²) in [5.41, 5.74) is -0.532. The van der Waals surface area contributed by atoms with Crippen LogP contribution in [0.3, 0.4) is 0 Å². The highest BCUT2D eigenvalue weighted by atomic mass is 16.5. The normalized spacial score (nSPS) is 25.3. The molecular weight excluding hydrogens is 278 g/mol. The molecule has 1 aliphatic heterocycles. The first kappa shape index (κ1) is 13.7. The summed E-state index contributed by atoms with van der Waals surface area (Å²) < 4.78 is 8.64. The predicted octanol–water partition coefficient (Wildman–Crippen LogP) is -1.04. The van der Waals surface area contributed by atoms with Crippen molar-refractivity contribution in [3.63, 3.8) is 0 Å². The fourth-order valence-electron chi connectivity index (χ4n) is 2.52. The van der Waals surface area contributed by atoms with E-state index in [2.05, 4.69) is 15.3 Å². The molecule has 0 spiro atoms. The Morgan fingerprint density at radius 1 is 1.52 bits per heavy atom. The molecule has 3 rings (SSSR count). The first-order chi connectivity index (χ1) is 10.1. The molecule has 0 saturated carbocycles. The Bertz CT molecular complexity index is 735. The highest BCUT2D eigenvalue weighted by molar-refractivity contribution is 5.02. The quantitative estimate of drug-likeness (QED) is 0.746. The molecular formula is C12H15N5O4. The maximum atomic E-state index is 11.9. The Morgan fingerprint density at radius 2 is 2.33 bits per heavy atom. The summed E-state index contributed by atoms with van der Waals surface area (Å²) in [4.78, 5) is 25.5. The lowest BCUT2D eigenvalue weighted by molar-refractivity contribution is -0.0323. The van der Waals surface area contributed by atoms with Gasteiger partial charge in [-0.2, -0.15) is 0 Å². The highest BCUT2D eigenvalue weighted by Crippen LogP contribution is 2.35. The SMILES string of the molecule is Cc1cn([C@H]2CC(n3ccnn3)[C@@H](CO)O2)c(=O)[nH]c1=O. The smallest absolute Gasteiger partial charge is 0.330 e. The number of ether oxygens (including phenoxy) is 1. The Hall–Kier alpha value is -2.26. The Morgan fingerprint density at radius 3 is 3.00 bits per heavy atom. The van der Waals surface area contributed by atoms with Crippen LogP contribution >= 0.6 is 0 Å². The zero-order valence-electron chi connectivity index (χ0n) is 11.3. The van der Waals surface area contributed by atoms with Crippen molar-refractivity contribution in [2.75, 3.05) is 6.61 Å². The number of nitrogens with zero attached hydrogens (tertiary/aromatic N) is 4. The van der Waals surface area contributed by atoms with Crippen LogP contribution in [-0.4, -0.2) is 42.4 Å². The van der Waals surface area contributed by atoms with E-state index in [0.717, 1.165) is 0 Å². The van der Waals surface area contributed by atoms with E-state index in [0.29, 0.717) is 12.0 Å². The van der Waals surface area contributed by atoms with Crippen molar-refractivity contribution >= 4 is 0 Å². The van der Waals surface area contributed by atoms with Crippen LogP contribution in [0.2, 0.25) is 0 Å². The third-order valence-corrected chi connectivity index (χ3v) is 3.62. The van der Waals surface area contributed by atoms with Gasteiger partial charge in [0.2, 0.25) is 0 Å². The summed E-state index contributed by atoms with van der Waals surface area (Å²) in [6.07, 6.45) is 4.07. The van der Waals surface area contributed by atoms with Gasteiger partial charge in [-0.05, 0) is 6.92 Å². The van der Waals surface area contributed by atoms with Crippen LogP contribution in [0, 0.1) is 6.92 Å². The molecule has 1 saturated heterocycles. The summed E-state index contributed by atoms with van der Waals surface area (Å²) in [6, 6.07) is -0.221. The minimum atomic E-state index is -0.570. The Balaban J connectivity index is 1.93. The summed E-state index contributed by atoms with van der Waals surface area (Å²) in [5, 5.41) is 17.1. The van der Waals surface area contributed by atoms with Crippen molar-refractivity contribution < 1.29 is 9.84 Å². The van der Waals surface area contributed by atoms with Crippen molar-refractivity contribution in [3.05, 3.63) is 45.0 Å². The van der Waals surface area contributed by atoms with Crippen molar-refractivity contribution in [1.82, 2.24) is 24.5 Å². The average molecular weight is 293 g/mol. The number of aryl methyl sites for hydroxylation is 1. The number of nitrogens with one attached hydrogen (secondary N) is 1. The molecule has 9 heteroatoms. The molecule has 3 atom stereocenters. The van der Waals surface area contributed by atoms with Gasteiger partial charge in [0.1, 0.15) is 12.3 Å². The molecule has 112 valence electrons. The number of aliphatic hydroxyl groups excluding tert-OH is 1. The molecule has 0 aliphatic carbocycles. The van der Waals surface area contributed by atoms with Gasteiger partial charge in [0, 0.05) is 24.4 Å². The lowest BCUT2D eigenvalue weighted by atomic mass is 10.1. The minimum Gasteiger partial charge on any atom is -0.394 e. The van der Waals surface area contributed by atoms with Gasteiger partial charge in [0.15, 0.2) is 0 Å². The average Bonchev–Trinajstić information content (AvgIpc) is 3.10. The molecule has 0 radical (unpaired) electrons.